The fraction of sp³-hybridized carbons (Fsp3) is 0.00840. The minimum atomic E-state index is 0.545. The Morgan fingerprint density at radius 2 is 0.384 bits per heavy atom. The zero-order chi connectivity index (χ0) is 91.1. The molecule has 138 heavy (non-hydrogen) atoms. The summed E-state index contributed by atoms with van der Waals surface area (Å²) in [5, 5.41) is 34.4. The molecule has 0 fully saturated rings. The van der Waals surface area contributed by atoms with Crippen molar-refractivity contribution < 1.29 is 0 Å². The Bertz CT molecular complexity index is 9130. The third-order valence-corrected chi connectivity index (χ3v) is 25.9. The second-order valence-electron chi connectivity index (χ2n) is 34.4. The van der Waals surface area contributed by atoms with Gasteiger partial charge in [-0.1, -0.05) is 267 Å². The predicted molar refractivity (Wildman–Crippen MR) is 549 cm³/mol. The first-order valence-corrected chi connectivity index (χ1v) is 45.8. The van der Waals surface area contributed by atoms with Crippen LogP contribution >= 0.6 is 0 Å². The smallest absolute Gasteiger partial charge is 0.182 e. The van der Waals surface area contributed by atoms with Crippen molar-refractivity contribution in [3.8, 4) is 202 Å². The standard InChI is InChI=1S/C119H77N19/c1-5-24-76(25-6-1)78-44-46-79(47-45-78)89-67-92(108-121-114-100(38-18-60-133(114)127-108)81-28-9-3-10-29-81)73-93(68-89)109-123-116-102(40-20-62-135(116)129-109)85-52-48-83(49-53-85)98-34-13-15-36-104(98)106-42-22-64-137-118(106)125-112(131-137)96-71-91(88-33-17-32-87(66-88)77-26-7-2-8-27-77)72-97(75-96)113-126-119-107(43-23-65-138(119)132-113)105-37-16-14-35-99(105)84-50-54-86(55-51-84)103-41-21-63-136-117(103)124-111(130-136)95-70-90(80-56-58-120-59-57-80)69-94(74-95)110-122-115-101(39-19-61-134(115)128-110)82-30-11-4-12-31-82/h1-58,60-75,120H,59H2. The molecule has 0 saturated heterocycles. The first kappa shape index (κ1) is 79.8. The molecule has 13 heterocycles. The van der Waals surface area contributed by atoms with Crippen molar-refractivity contribution in [1.82, 2.24) is 92.9 Å². The lowest BCUT2D eigenvalue weighted by molar-refractivity contribution is 0.964. The zero-order valence-electron chi connectivity index (χ0n) is 74.0. The Morgan fingerprint density at radius 3 is 0.717 bits per heavy atom. The molecule has 0 aliphatic carbocycles. The van der Waals surface area contributed by atoms with Gasteiger partial charge in [0.15, 0.2) is 68.8 Å². The Balaban J connectivity index is 0.511. The van der Waals surface area contributed by atoms with Crippen LogP contribution in [0.3, 0.4) is 0 Å². The fourth-order valence-corrected chi connectivity index (χ4v) is 19.1. The summed E-state index contributed by atoms with van der Waals surface area (Å²) in [5.74, 6) is 3.44. The van der Waals surface area contributed by atoms with E-state index in [0.29, 0.717) is 52.8 Å². The van der Waals surface area contributed by atoms with E-state index in [1.54, 1.807) is 0 Å². The van der Waals surface area contributed by atoms with Gasteiger partial charge >= 0.3 is 0 Å². The number of hydrogen-bond acceptors (Lipinski definition) is 13. The Hall–Kier alpha value is -19.1. The van der Waals surface area contributed by atoms with E-state index in [2.05, 4.69) is 327 Å². The SMILES string of the molecule is C1=CC(c2cc(-c3nc4c(-c5ccccc5)cccn4n3)cc(-c3nc4c(-c5ccc(-c6ccccc6-c6cccn7nc(-c8cc(-c9cccc(-c%10ccccc%10)c9)cc(-c9nc%10c(-c%11ccccc%11-c%11ccc(-c%12cccn%13nc(-c%14cc(-c%15ccc(-c%16ccccc%16)cc%15)cc(-c%15nc%16c(-c%17ccccc%17)cccn%16n%15)c%14)nc%12%13)cc%11)cccn%10n9)c8)nc67)cc5)cccn4n3)c2)=CCN1. The molecule has 12 aromatic heterocycles. The number of rotatable bonds is 19. The predicted octanol–water partition coefficient (Wildman–Crippen LogP) is 26.4. The van der Waals surface area contributed by atoms with Gasteiger partial charge in [-0.15, -0.1) is 30.6 Å². The summed E-state index contributed by atoms with van der Waals surface area (Å²) in [5.41, 5.74) is 35.9. The van der Waals surface area contributed by atoms with Gasteiger partial charge in [-0.25, -0.2) is 57.0 Å². The van der Waals surface area contributed by atoms with Crippen LogP contribution < -0.4 is 5.32 Å². The summed E-state index contributed by atoms with van der Waals surface area (Å²) in [4.78, 5) is 32.1. The maximum absolute atomic E-state index is 5.50. The Kier molecular flexibility index (Phi) is 19.4. The van der Waals surface area contributed by atoms with Crippen LogP contribution in [0.5, 0.6) is 0 Å². The number of pyridine rings is 6. The summed E-state index contributed by atoms with van der Waals surface area (Å²) in [6.07, 6.45) is 18.0. The van der Waals surface area contributed by atoms with Crippen molar-refractivity contribution >= 4 is 39.5 Å². The van der Waals surface area contributed by atoms with Gasteiger partial charge in [0.2, 0.25) is 0 Å². The third-order valence-electron chi connectivity index (χ3n) is 25.9. The number of dihydropyridines is 1. The average Bonchev–Trinajstić information content (AvgIpc) is 1.62. The molecule has 1 aliphatic rings. The van der Waals surface area contributed by atoms with E-state index >= 15 is 0 Å². The van der Waals surface area contributed by atoms with E-state index in [1.165, 1.54) is 0 Å². The molecule has 648 valence electrons. The highest BCUT2D eigenvalue weighted by molar-refractivity contribution is 5.95. The summed E-state index contributed by atoms with van der Waals surface area (Å²) < 4.78 is 11.2. The van der Waals surface area contributed by atoms with Gasteiger partial charge in [0.1, 0.15) is 0 Å². The Morgan fingerprint density at radius 1 is 0.167 bits per heavy atom. The first-order chi connectivity index (χ1) is 68.3. The van der Waals surface area contributed by atoms with E-state index in [9.17, 15) is 0 Å². The van der Waals surface area contributed by atoms with Crippen LogP contribution in [-0.4, -0.2) is 94.1 Å². The lowest BCUT2D eigenvalue weighted by atomic mass is 9.94. The molecule has 0 saturated carbocycles. The van der Waals surface area contributed by atoms with Gasteiger partial charge < -0.3 is 5.32 Å². The number of allylic oxidation sites excluding steroid dienone is 2. The summed E-state index contributed by atoms with van der Waals surface area (Å²) in [6.45, 7) is 0.711. The van der Waals surface area contributed by atoms with Gasteiger partial charge in [-0.05, 0) is 257 Å². The number of aromatic nitrogens is 18. The molecule has 26 rings (SSSR count). The van der Waals surface area contributed by atoms with Gasteiger partial charge in [0.05, 0.1) is 0 Å². The molecule has 0 amide bonds. The second kappa shape index (κ2) is 33.6. The Labute approximate surface area is 791 Å². The number of nitrogens with zero attached hydrogens (tertiary/aromatic N) is 18. The molecule has 0 spiro atoms. The molecular formula is C119H77N19. The molecule has 0 bridgehead atoms. The van der Waals surface area contributed by atoms with E-state index in [1.807, 2.05) is 155 Å². The number of nitrogens with one attached hydrogen (secondary N) is 1. The van der Waals surface area contributed by atoms with E-state index in [0.717, 1.165) is 201 Å². The van der Waals surface area contributed by atoms with Gasteiger partial charge in [-0.2, -0.15) is 0 Å². The highest BCUT2D eigenvalue weighted by atomic mass is 15.3. The van der Waals surface area contributed by atoms with E-state index in [4.69, 9.17) is 60.5 Å². The highest BCUT2D eigenvalue weighted by Gasteiger charge is 2.26. The van der Waals surface area contributed by atoms with Crippen LogP contribution in [-0.2, 0) is 0 Å². The molecule has 0 radical (unpaired) electrons. The van der Waals surface area contributed by atoms with Crippen molar-refractivity contribution in [1.29, 1.82) is 0 Å². The monoisotopic (exact) mass is 1770 g/mol. The second-order valence-corrected chi connectivity index (χ2v) is 34.4. The first-order valence-electron chi connectivity index (χ1n) is 45.8. The lowest BCUT2D eigenvalue weighted by Crippen LogP contribution is -2.08. The lowest BCUT2D eigenvalue weighted by Gasteiger charge is -2.12. The molecule has 19 heteroatoms. The number of hydrogen-bond donors (Lipinski definition) is 1. The minimum absolute atomic E-state index is 0.545. The normalized spacial score (nSPS) is 12.1. The van der Waals surface area contributed by atoms with Gasteiger partial charge in [0.25, 0.3) is 0 Å². The molecular weight excluding hydrogens is 1700 g/mol. The van der Waals surface area contributed by atoms with Crippen LogP contribution in [0.15, 0.2) is 450 Å². The molecule has 19 nitrogen and oxygen atoms in total. The van der Waals surface area contributed by atoms with Crippen molar-refractivity contribution in [2.45, 2.75) is 0 Å². The quantitative estimate of drug-likeness (QED) is 0.0804. The summed E-state index contributed by atoms with van der Waals surface area (Å²) in [7, 11) is 0. The molecule has 1 N–H and O–H groups in total. The van der Waals surface area contributed by atoms with Crippen molar-refractivity contribution in [2.75, 3.05) is 6.54 Å². The van der Waals surface area contributed by atoms with Crippen molar-refractivity contribution in [3.05, 3.63) is 455 Å². The van der Waals surface area contributed by atoms with Crippen molar-refractivity contribution in [2.24, 2.45) is 0 Å². The summed E-state index contributed by atoms with van der Waals surface area (Å²) in [6, 6.07) is 137. The summed E-state index contributed by atoms with van der Waals surface area (Å²) >= 11 is 0. The average molecular weight is 1770 g/mol. The maximum Gasteiger partial charge on any atom is 0.182 e. The largest absolute Gasteiger partial charge is 0.387 e. The van der Waals surface area contributed by atoms with Crippen LogP contribution in [0.25, 0.3) is 241 Å². The van der Waals surface area contributed by atoms with E-state index < -0.39 is 0 Å². The van der Waals surface area contributed by atoms with Gasteiger partial charge in [-0.3, -0.25) is 0 Å². The molecule has 0 unspecified atom stereocenters. The number of benzene rings is 13. The van der Waals surface area contributed by atoms with Crippen molar-refractivity contribution in [3.63, 3.8) is 0 Å². The van der Waals surface area contributed by atoms with Crippen LogP contribution in [0.2, 0.25) is 0 Å². The van der Waals surface area contributed by atoms with Crippen LogP contribution in [0.4, 0.5) is 0 Å². The fourth-order valence-electron chi connectivity index (χ4n) is 19.1. The number of fused-ring (bicyclic) bond motifs is 6. The van der Waals surface area contributed by atoms with E-state index in [-0.39, 0.29) is 0 Å². The molecule has 0 atom stereocenters. The molecule has 25 aromatic rings. The zero-order valence-corrected chi connectivity index (χ0v) is 74.0. The maximum atomic E-state index is 5.50. The van der Waals surface area contributed by atoms with Gasteiger partial charge in [0, 0.05) is 110 Å². The molecule has 1 aliphatic heterocycles. The van der Waals surface area contributed by atoms with Crippen LogP contribution in [0, 0.1) is 0 Å². The highest BCUT2D eigenvalue weighted by Crippen LogP contribution is 2.44. The minimum Gasteiger partial charge on any atom is -0.387 e. The topological polar surface area (TPSA) is 193 Å². The van der Waals surface area contributed by atoms with Crippen LogP contribution in [0.1, 0.15) is 5.56 Å². The third kappa shape index (κ3) is 14.7. The molecule has 13 aromatic carbocycles.